The van der Waals surface area contributed by atoms with Crippen molar-refractivity contribution in [3.63, 3.8) is 0 Å². The number of rotatable bonds is 5. The van der Waals surface area contributed by atoms with Crippen LogP contribution in [0.4, 0.5) is 0 Å². The zero-order chi connectivity index (χ0) is 23.5. The van der Waals surface area contributed by atoms with Crippen molar-refractivity contribution in [2.45, 2.75) is 34.6 Å². The van der Waals surface area contributed by atoms with Crippen molar-refractivity contribution in [3.8, 4) is 0 Å². The van der Waals surface area contributed by atoms with Gasteiger partial charge >= 0.3 is 11.9 Å². The van der Waals surface area contributed by atoms with Gasteiger partial charge in [0.25, 0.3) is 5.78 Å². The van der Waals surface area contributed by atoms with E-state index in [1.54, 1.807) is 58.0 Å². The quantitative estimate of drug-likeness (QED) is 0.433. The Kier molecular flexibility index (Phi) is 11.3. The molecule has 0 fully saturated rings. The summed E-state index contributed by atoms with van der Waals surface area (Å²) in [5.74, 6) is -3.12. The smallest absolute Gasteiger partial charge is 0.377 e. The molecule has 0 saturated carbocycles. The van der Waals surface area contributed by atoms with Crippen LogP contribution in [0, 0.1) is 26.2 Å². The molecule has 0 bridgehead atoms. The van der Waals surface area contributed by atoms with Crippen LogP contribution >= 0.6 is 0 Å². The number of carboxylic acid groups (broad SMARTS) is 2. The first-order chi connectivity index (χ1) is 13.9. The van der Waals surface area contributed by atoms with Gasteiger partial charge in [0.2, 0.25) is 0 Å². The Balaban J connectivity index is 0.000000454. The summed E-state index contributed by atoms with van der Waals surface area (Å²) in [6.45, 7) is 9.09. The minimum Gasteiger partial charge on any atom is -0.478 e. The highest BCUT2D eigenvalue weighted by molar-refractivity contribution is 6.40. The number of ketones is 1. The topological polar surface area (TPSA) is 132 Å². The summed E-state index contributed by atoms with van der Waals surface area (Å²) in [6.07, 6.45) is 0. The average molecular weight is 418 g/mol. The molecule has 164 valence electrons. The van der Waals surface area contributed by atoms with Crippen molar-refractivity contribution < 1.29 is 34.8 Å². The van der Waals surface area contributed by atoms with E-state index in [9.17, 15) is 14.4 Å². The first-order valence-electron chi connectivity index (χ1n) is 9.21. The van der Waals surface area contributed by atoms with Crippen LogP contribution in [-0.4, -0.2) is 51.4 Å². The molecule has 2 aromatic rings. The predicted octanol–water partition coefficient (Wildman–Crippen LogP) is 3.26. The molecular weight excluding hydrogens is 388 g/mol. The van der Waals surface area contributed by atoms with Crippen molar-refractivity contribution in [2.75, 3.05) is 13.2 Å². The van der Waals surface area contributed by atoms with Gasteiger partial charge in [0.1, 0.15) is 0 Å². The second-order valence-corrected chi connectivity index (χ2v) is 7.56. The molecule has 0 amide bonds. The van der Waals surface area contributed by atoms with Gasteiger partial charge in [-0.1, -0.05) is 49.7 Å². The van der Waals surface area contributed by atoms with Gasteiger partial charge in [-0.05, 0) is 44.0 Å². The number of aliphatic hydroxyl groups is 2. The molecule has 0 heterocycles. The number of aliphatic hydroxyl groups excluding tert-OH is 2. The van der Waals surface area contributed by atoms with Gasteiger partial charge in [0.05, 0.1) is 18.8 Å². The number of hydrogen-bond acceptors (Lipinski definition) is 5. The zero-order valence-corrected chi connectivity index (χ0v) is 18.0. The van der Waals surface area contributed by atoms with Crippen LogP contribution in [0.5, 0.6) is 0 Å². The molecule has 0 unspecified atom stereocenters. The van der Waals surface area contributed by atoms with Crippen LogP contribution in [0.1, 0.15) is 51.3 Å². The second-order valence-electron chi connectivity index (χ2n) is 7.56. The summed E-state index contributed by atoms with van der Waals surface area (Å²) in [4.78, 5) is 32.0. The molecular formula is C23H30O7. The van der Waals surface area contributed by atoms with E-state index in [0.29, 0.717) is 11.1 Å². The number of aryl methyl sites for hydroxylation is 3. The molecule has 0 aromatic heterocycles. The third kappa shape index (κ3) is 9.45. The number of hydrogen-bond donors (Lipinski definition) is 4. The molecule has 0 radical (unpaired) electrons. The summed E-state index contributed by atoms with van der Waals surface area (Å²) >= 11 is 0. The molecule has 0 aliphatic heterocycles. The Bertz CT molecular complexity index is 826. The number of carbonyl (C=O) groups is 3. The van der Waals surface area contributed by atoms with Crippen LogP contribution in [0.15, 0.2) is 42.5 Å². The van der Waals surface area contributed by atoms with E-state index in [1.807, 2.05) is 19.1 Å². The number of benzene rings is 2. The Labute approximate surface area is 176 Å². The normalized spacial score (nSPS) is 10.1. The molecule has 0 saturated heterocycles. The first kappa shape index (κ1) is 27.0. The average Bonchev–Trinajstić information content (AvgIpc) is 2.68. The third-order valence-electron chi connectivity index (χ3n) is 3.98. The fourth-order valence-electron chi connectivity index (χ4n) is 2.28. The highest BCUT2D eigenvalue weighted by Gasteiger charge is 2.19. The van der Waals surface area contributed by atoms with Crippen molar-refractivity contribution in [3.05, 3.63) is 70.3 Å². The van der Waals surface area contributed by atoms with E-state index >= 15 is 0 Å². The lowest BCUT2D eigenvalue weighted by atomic mass is 9.97. The van der Waals surface area contributed by atoms with Gasteiger partial charge in [0, 0.05) is 11.0 Å². The number of aromatic carboxylic acids is 1. The van der Waals surface area contributed by atoms with E-state index in [4.69, 9.17) is 20.4 Å². The number of aliphatic carboxylic acids is 1. The fraction of sp³-hybridized carbons (Fsp3) is 0.348. The van der Waals surface area contributed by atoms with Crippen molar-refractivity contribution in [1.82, 2.24) is 0 Å². The first-order valence-corrected chi connectivity index (χ1v) is 9.21. The maximum atomic E-state index is 11.3. The Morgan fingerprint density at radius 2 is 1.27 bits per heavy atom. The molecule has 0 aliphatic carbocycles. The van der Waals surface area contributed by atoms with Crippen molar-refractivity contribution >= 4 is 17.7 Å². The second kappa shape index (κ2) is 12.5. The maximum Gasteiger partial charge on any atom is 0.377 e. The van der Waals surface area contributed by atoms with Crippen LogP contribution < -0.4 is 0 Å². The van der Waals surface area contributed by atoms with E-state index < -0.39 is 17.7 Å². The van der Waals surface area contributed by atoms with Gasteiger partial charge in [0.15, 0.2) is 0 Å². The number of carboxylic acids is 2. The van der Waals surface area contributed by atoms with Gasteiger partial charge in [-0.15, -0.1) is 0 Å². The number of Topliss-reactive ketones (excluding diaryl/α,β-unsaturated/α-hetero) is 1. The lowest BCUT2D eigenvalue weighted by molar-refractivity contribution is -0.131. The third-order valence-corrected chi connectivity index (χ3v) is 3.98. The summed E-state index contributed by atoms with van der Waals surface area (Å²) in [6, 6.07) is 11.9. The van der Waals surface area contributed by atoms with Gasteiger partial charge in [-0.3, -0.25) is 4.79 Å². The van der Waals surface area contributed by atoms with Crippen LogP contribution in [0.3, 0.4) is 0 Å². The lowest BCUT2D eigenvalue weighted by Gasteiger charge is -2.16. The molecule has 7 nitrogen and oxygen atoms in total. The number of carbonyl (C=O) groups excluding carboxylic acids is 1. The minimum atomic E-state index is -1.40. The standard InChI is InChI=1S/C11H12O3.C7H6O2.C5H12O2/c1-6-4-7(2)9(8(3)5-6)10(12)11(13)14;8-7(9)6-4-2-1-3-5-6;1-5(2,3-6)4-7/h4-5H,1-3H3,(H,13,14);1-5H,(H,8,9);6-7H,3-4H2,1-2H3. The van der Waals surface area contributed by atoms with Gasteiger partial charge in [-0.2, -0.15) is 0 Å². The Morgan fingerprint density at radius 1 is 0.833 bits per heavy atom. The fourth-order valence-corrected chi connectivity index (χ4v) is 2.28. The maximum absolute atomic E-state index is 11.3. The summed E-state index contributed by atoms with van der Waals surface area (Å²) in [5.41, 5.74) is 2.80. The van der Waals surface area contributed by atoms with Crippen LogP contribution in [-0.2, 0) is 4.79 Å². The van der Waals surface area contributed by atoms with E-state index in [-0.39, 0.29) is 18.6 Å². The molecule has 30 heavy (non-hydrogen) atoms. The molecule has 2 aromatic carbocycles. The highest BCUT2D eigenvalue weighted by Crippen LogP contribution is 2.16. The zero-order valence-electron chi connectivity index (χ0n) is 18.0. The SMILES string of the molecule is CC(C)(CO)CO.Cc1cc(C)c(C(=O)C(=O)O)c(C)c1.O=C(O)c1ccccc1. The van der Waals surface area contributed by atoms with Crippen LogP contribution in [0.2, 0.25) is 0 Å². The molecule has 0 aliphatic rings. The molecule has 0 atom stereocenters. The molecule has 7 heteroatoms. The van der Waals surface area contributed by atoms with E-state index in [2.05, 4.69) is 0 Å². The highest BCUT2D eigenvalue weighted by atomic mass is 16.4. The Morgan fingerprint density at radius 3 is 1.53 bits per heavy atom. The predicted molar refractivity (Wildman–Crippen MR) is 114 cm³/mol. The van der Waals surface area contributed by atoms with E-state index in [1.165, 1.54) is 0 Å². The monoisotopic (exact) mass is 418 g/mol. The summed E-state index contributed by atoms with van der Waals surface area (Å²) in [5, 5.41) is 33.9. The molecule has 0 spiro atoms. The lowest BCUT2D eigenvalue weighted by Crippen LogP contribution is -2.20. The van der Waals surface area contributed by atoms with E-state index in [0.717, 1.165) is 16.7 Å². The van der Waals surface area contributed by atoms with Crippen molar-refractivity contribution in [1.29, 1.82) is 0 Å². The Hall–Kier alpha value is -3.03. The molecule has 2 rings (SSSR count). The summed E-state index contributed by atoms with van der Waals surface area (Å²) in [7, 11) is 0. The molecule has 4 N–H and O–H groups in total. The van der Waals surface area contributed by atoms with Crippen LogP contribution in [0.25, 0.3) is 0 Å². The minimum absolute atomic E-state index is 0.0451. The largest absolute Gasteiger partial charge is 0.478 e. The van der Waals surface area contributed by atoms with Crippen molar-refractivity contribution in [2.24, 2.45) is 5.41 Å². The van der Waals surface area contributed by atoms with Gasteiger partial charge in [-0.25, -0.2) is 9.59 Å². The summed E-state index contributed by atoms with van der Waals surface area (Å²) < 4.78 is 0. The van der Waals surface area contributed by atoms with Gasteiger partial charge < -0.3 is 20.4 Å².